The predicted molar refractivity (Wildman–Crippen MR) is 121 cm³/mol. The highest BCUT2D eigenvalue weighted by Crippen LogP contribution is 2.25. The molecule has 0 heterocycles. The molecule has 0 saturated heterocycles. The number of urea groups is 1. The fourth-order valence-corrected chi connectivity index (χ4v) is 3.69. The van der Waals surface area contributed by atoms with Crippen LogP contribution in [0.3, 0.4) is 0 Å². The van der Waals surface area contributed by atoms with Gasteiger partial charge in [-0.2, -0.15) is 0 Å². The number of rotatable bonds is 6. The summed E-state index contributed by atoms with van der Waals surface area (Å²) in [5, 5.41) is 8.74. The summed E-state index contributed by atoms with van der Waals surface area (Å²) in [4.78, 5) is 27.3. The molecule has 0 atom stereocenters. The average Bonchev–Trinajstić information content (AvgIpc) is 2.74. The van der Waals surface area contributed by atoms with E-state index in [1.165, 1.54) is 6.42 Å². The Hall–Kier alpha value is -3.22. The number of amides is 3. The number of nitrogens with zero attached hydrogens (tertiary/aromatic N) is 1. The molecule has 3 amide bonds. The summed E-state index contributed by atoms with van der Waals surface area (Å²) in [6.45, 7) is 0. The van der Waals surface area contributed by atoms with E-state index in [9.17, 15) is 9.59 Å². The first-order valence-corrected chi connectivity index (χ1v) is 10.3. The third-order valence-corrected chi connectivity index (χ3v) is 5.25. The Morgan fingerprint density at radius 1 is 0.967 bits per heavy atom. The number of nitrogens with one attached hydrogen (secondary N) is 3. The van der Waals surface area contributed by atoms with Crippen molar-refractivity contribution in [3.63, 3.8) is 0 Å². The van der Waals surface area contributed by atoms with E-state index in [4.69, 9.17) is 4.74 Å². The summed E-state index contributed by atoms with van der Waals surface area (Å²) in [5.74, 6) is 0.548. The molecule has 7 nitrogen and oxygen atoms in total. The number of anilines is 3. The molecule has 7 heteroatoms. The van der Waals surface area contributed by atoms with Gasteiger partial charge in [0.25, 0.3) is 5.91 Å². The van der Waals surface area contributed by atoms with Gasteiger partial charge in [0.05, 0.1) is 12.7 Å². The monoisotopic (exact) mass is 410 g/mol. The van der Waals surface area contributed by atoms with Gasteiger partial charge in [0.2, 0.25) is 0 Å². The Labute approximate surface area is 177 Å². The van der Waals surface area contributed by atoms with Crippen molar-refractivity contribution in [2.75, 3.05) is 36.7 Å². The third-order valence-electron chi connectivity index (χ3n) is 5.25. The molecule has 3 N–H and O–H groups in total. The van der Waals surface area contributed by atoms with Crippen LogP contribution in [0, 0.1) is 0 Å². The normalized spacial score (nSPS) is 14.0. The standard InChI is InChI=1S/C23H30N4O3/c1-27(2)21-13-12-18(15-20(21)22(28)24-16-8-5-4-6-9-16)26-23(29)25-17-10-7-11-19(14-17)30-3/h7,10-16H,4-6,8-9H2,1-3H3,(H,24,28)(H2,25,26,29). The summed E-state index contributed by atoms with van der Waals surface area (Å²) in [7, 11) is 5.37. The number of benzene rings is 2. The van der Waals surface area contributed by atoms with E-state index in [2.05, 4.69) is 16.0 Å². The zero-order valence-electron chi connectivity index (χ0n) is 17.8. The van der Waals surface area contributed by atoms with E-state index in [-0.39, 0.29) is 18.0 Å². The summed E-state index contributed by atoms with van der Waals surface area (Å²) in [6.07, 6.45) is 5.57. The highest BCUT2D eigenvalue weighted by atomic mass is 16.5. The molecule has 0 aliphatic heterocycles. The van der Waals surface area contributed by atoms with Crippen molar-refractivity contribution in [1.29, 1.82) is 0 Å². The lowest BCUT2D eigenvalue weighted by Crippen LogP contribution is -2.36. The summed E-state index contributed by atoms with van der Waals surface area (Å²) >= 11 is 0. The lowest BCUT2D eigenvalue weighted by molar-refractivity contribution is 0.0928. The molecular weight excluding hydrogens is 380 g/mol. The minimum absolute atomic E-state index is 0.109. The minimum atomic E-state index is -0.389. The van der Waals surface area contributed by atoms with Gasteiger partial charge >= 0.3 is 6.03 Å². The van der Waals surface area contributed by atoms with Gasteiger partial charge in [0.15, 0.2) is 0 Å². The van der Waals surface area contributed by atoms with Crippen molar-refractivity contribution in [2.45, 2.75) is 38.1 Å². The fraction of sp³-hybridized carbons (Fsp3) is 0.391. The summed E-state index contributed by atoms with van der Waals surface area (Å²) in [5.41, 5.74) is 2.52. The maximum atomic E-state index is 13.0. The quantitative estimate of drug-likeness (QED) is 0.656. The highest BCUT2D eigenvalue weighted by Gasteiger charge is 2.20. The van der Waals surface area contributed by atoms with Crippen LogP contribution in [-0.4, -0.2) is 39.2 Å². The van der Waals surface area contributed by atoms with Gasteiger partial charge in [-0.3, -0.25) is 4.79 Å². The van der Waals surface area contributed by atoms with Gasteiger partial charge < -0.3 is 25.6 Å². The Bertz CT molecular complexity index is 892. The smallest absolute Gasteiger partial charge is 0.323 e. The van der Waals surface area contributed by atoms with Crippen LogP contribution in [0.15, 0.2) is 42.5 Å². The first-order chi connectivity index (χ1) is 14.5. The van der Waals surface area contributed by atoms with Gasteiger partial charge in [-0.1, -0.05) is 25.3 Å². The van der Waals surface area contributed by atoms with Gasteiger partial charge in [-0.15, -0.1) is 0 Å². The molecule has 1 saturated carbocycles. The molecule has 160 valence electrons. The Morgan fingerprint density at radius 2 is 1.67 bits per heavy atom. The predicted octanol–water partition coefficient (Wildman–Crippen LogP) is 4.47. The van der Waals surface area contributed by atoms with Crippen molar-refractivity contribution >= 4 is 29.0 Å². The summed E-state index contributed by atoms with van der Waals surface area (Å²) in [6, 6.07) is 12.3. The topological polar surface area (TPSA) is 82.7 Å². The van der Waals surface area contributed by atoms with Crippen LogP contribution in [0.5, 0.6) is 5.75 Å². The second kappa shape index (κ2) is 10.0. The molecule has 0 bridgehead atoms. The van der Waals surface area contributed by atoms with E-state index < -0.39 is 0 Å². The van der Waals surface area contributed by atoms with Crippen molar-refractivity contribution in [3.05, 3.63) is 48.0 Å². The van der Waals surface area contributed by atoms with Crippen molar-refractivity contribution in [3.8, 4) is 5.75 Å². The SMILES string of the molecule is COc1cccc(NC(=O)Nc2ccc(N(C)C)c(C(=O)NC3CCCCC3)c2)c1. The molecule has 0 radical (unpaired) electrons. The Balaban J connectivity index is 1.72. The zero-order chi connectivity index (χ0) is 21.5. The van der Waals surface area contributed by atoms with Crippen LogP contribution in [0.1, 0.15) is 42.5 Å². The van der Waals surface area contributed by atoms with Crippen molar-refractivity contribution in [2.24, 2.45) is 0 Å². The van der Waals surface area contributed by atoms with E-state index in [0.717, 1.165) is 31.4 Å². The van der Waals surface area contributed by atoms with Gasteiger partial charge in [0.1, 0.15) is 5.75 Å². The van der Waals surface area contributed by atoms with Crippen molar-refractivity contribution < 1.29 is 14.3 Å². The van der Waals surface area contributed by atoms with E-state index in [1.54, 1.807) is 43.5 Å². The molecule has 0 unspecified atom stereocenters. The molecule has 1 aliphatic rings. The second-order valence-electron chi connectivity index (χ2n) is 7.75. The van der Waals surface area contributed by atoms with Crippen LogP contribution in [-0.2, 0) is 0 Å². The molecule has 3 rings (SSSR count). The molecule has 2 aromatic rings. The number of ether oxygens (including phenoxy) is 1. The van der Waals surface area contributed by atoms with Crippen LogP contribution in [0.25, 0.3) is 0 Å². The van der Waals surface area contributed by atoms with Crippen LogP contribution in [0.4, 0.5) is 21.9 Å². The third kappa shape index (κ3) is 5.65. The maximum absolute atomic E-state index is 13.0. The van der Waals surface area contributed by atoms with Crippen molar-refractivity contribution in [1.82, 2.24) is 5.32 Å². The average molecular weight is 411 g/mol. The van der Waals surface area contributed by atoms with Crippen LogP contribution >= 0.6 is 0 Å². The van der Waals surface area contributed by atoms with Crippen LogP contribution in [0.2, 0.25) is 0 Å². The van der Waals surface area contributed by atoms with Crippen LogP contribution < -0.4 is 25.6 Å². The van der Waals surface area contributed by atoms with E-state index in [0.29, 0.717) is 22.7 Å². The largest absolute Gasteiger partial charge is 0.497 e. The second-order valence-corrected chi connectivity index (χ2v) is 7.75. The molecule has 0 aromatic heterocycles. The number of carbonyl (C=O) groups is 2. The lowest BCUT2D eigenvalue weighted by Gasteiger charge is -2.24. The Kier molecular flexibility index (Phi) is 7.17. The summed E-state index contributed by atoms with van der Waals surface area (Å²) < 4.78 is 5.17. The highest BCUT2D eigenvalue weighted by molar-refractivity contribution is 6.04. The minimum Gasteiger partial charge on any atom is -0.497 e. The van der Waals surface area contributed by atoms with Gasteiger partial charge in [-0.25, -0.2) is 4.79 Å². The first-order valence-electron chi connectivity index (χ1n) is 10.3. The first kappa shape index (κ1) is 21.5. The van der Waals surface area contributed by atoms with E-state index in [1.807, 2.05) is 25.1 Å². The molecule has 1 aliphatic carbocycles. The van der Waals surface area contributed by atoms with Gasteiger partial charge in [0, 0.05) is 43.3 Å². The molecule has 1 fully saturated rings. The number of hydrogen-bond acceptors (Lipinski definition) is 4. The molecular formula is C23H30N4O3. The molecule has 2 aromatic carbocycles. The number of methoxy groups -OCH3 is 1. The Morgan fingerprint density at radius 3 is 2.33 bits per heavy atom. The number of carbonyl (C=O) groups excluding carboxylic acids is 2. The maximum Gasteiger partial charge on any atom is 0.323 e. The lowest BCUT2D eigenvalue weighted by atomic mass is 9.95. The molecule has 30 heavy (non-hydrogen) atoms. The van der Waals surface area contributed by atoms with E-state index >= 15 is 0 Å². The van der Waals surface area contributed by atoms with Gasteiger partial charge in [-0.05, 0) is 43.2 Å². The fourth-order valence-electron chi connectivity index (χ4n) is 3.69. The number of hydrogen-bond donors (Lipinski definition) is 3. The molecule has 0 spiro atoms. The zero-order valence-corrected chi connectivity index (χ0v) is 17.8.